The quantitative estimate of drug-likeness (QED) is 0.413. The molecule has 152 valence electrons. The molecule has 29 heavy (non-hydrogen) atoms. The smallest absolute Gasteiger partial charge is 0.404 e. The number of nitrogens with zero attached hydrogens (tertiary/aromatic N) is 4. The number of halogens is 2. The summed E-state index contributed by atoms with van der Waals surface area (Å²) in [6, 6.07) is 8.45. The molecule has 1 aromatic carbocycles. The largest absolute Gasteiger partial charge is 0.465 e. The fraction of sp³-hybridized carbons (Fsp3) is 0.333. The molecule has 1 saturated carbocycles. The Kier molecular flexibility index (Phi) is 5.22. The van der Waals surface area contributed by atoms with E-state index in [2.05, 4.69) is 25.6 Å². The van der Waals surface area contributed by atoms with Gasteiger partial charge in [0.2, 0.25) is 0 Å². The maximum Gasteiger partial charge on any atom is 0.404 e. The molecule has 0 atom stereocenters. The van der Waals surface area contributed by atoms with Crippen LogP contribution in [0, 0.1) is 0 Å². The Labute approximate surface area is 168 Å². The van der Waals surface area contributed by atoms with Gasteiger partial charge in [0.15, 0.2) is 11.0 Å². The van der Waals surface area contributed by atoms with Crippen LogP contribution in [0.5, 0.6) is 0 Å². The molecule has 3 aromatic rings. The number of thioether (sulfide) groups is 1. The van der Waals surface area contributed by atoms with Crippen LogP contribution in [0.25, 0.3) is 16.9 Å². The second-order valence-electron chi connectivity index (χ2n) is 6.65. The maximum absolute atomic E-state index is 13.7. The zero-order valence-electron chi connectivity index (χ0n) is 15.3. The van der Waals surface area contributed by atoms with Crippen molar-refractivity contribution in [2.45, 2.75) is 36.5 Å². The molecule has 1 aliphatic carbocycles. The molecule has 2 heterocycles. The van der Waals surface area contributed by atoms with E-state index in [0.717, 1.165) is 0 Å². The molecule has 8 nitrogen and oxygen atoms in total. The van der Waals surface area contributed by atoms with Crippen molar-refractivity contribution in [2.24, 2.45) is 0 Å². The fourth-order valence-corrected chi connectivity index (χ4v) is 3.74. The predicted molar refractivity (Wildman–Crippen MR) is 105 cm³/mol. The summed E-state index contributed by atoms with van der Waals surface area (Å²) in [5, 5.41) is 14.9. The molecule has 3 N–H and O–H groups in total. The molecule has 1 aliphatic rings. The highest BCUT2D eigenvalue weighted by molar-refractivity contribution is 7.98. The molecule has 4 rings (SSSR count). The first-order chi connectivity index (χ1) is 13.9. The van der Waals surface area contributed by atoms with Gasteiger partial charge in [0.25, 0.3) is 6.43 Å². The van der Waals surface area contributed by atoms with E-state index in [4.69, 9.17) is 5.11 Å². The fourth-order valence-electron chi connectivity index (χ4n) is 3.36. The van der Waals surface area contributed by atoms with Gasteiger partial charge in [-0.15, -0.1) is 0 Å². The molecule has 0 radical (unpaired) electrons. The number of rotatable bonds is 6. The molecule has 1 amide bonds. The number of alkyl halides is 2. The van der Waals surface area contributed by atoms with Gasteiger partial charge in [0, 0.05) is 18.2 Å². The van der Waals surface area contributed by atoms with Crippen molar-refractivity contribution in [2.75, 3.05) is 11.6 Å². The number of carbonyl (C=O) groups is 1. The van der Waals surface area contributed by atoms with E-state index in [1.54, 1.807) is 36.6 Å². The molecule has 0 unspecified atom stereocenters. The Morgan fingerprint density at radius 1 is 1.24 bits per heavy atom. The number of fused-ring (bicyclic) bond motifs is 1. The molecule has 0 saturated heterocycles. The van der Waals surface area contributed by atoms with Gasteiger partial charge in [-0.2, -0.15) is 0 Å². The van der Waals surface area contributed by atoms with Crippen molar-refractivity contribution in [3.05, 3.63) is 36.2 Å². The second kappa shape index (κ2) is 7.82. The number of anilines is 1. The summed E-state index contributed by atoms with van der Waals surface area (Å²) in [6.07, 6.45) is -0.762. The lowest BCUT2D eigenvalue weighted by atomic mass is 9.87. The van der Waals surface area contributed by atoms with E-state index in [1.807, 2.05) is 0 Å². The first-order valence-electron chi connectivity index (χ1n) is 8.89. The molecular weight excluding hydrogens is 402 g/mol. The standard InChI is InChI=1S/C18H18F2N6O2S/c1-29-17-24-13(21-9-6-10(7-9)22-18(27)28)8-14(25-17)26-12-5-3-2-4-11(12)23-16(26)15(19)20/h2-5,8-10,15,22H,6-7H2,1H3,(H,27,28)(H,21,24,25). The van der Waals surface area contributed by atoms with E-state index >= 15 is 0 Å². The number of carboxylic acid groups (broad SMARTS) is 1. The number of hydrogen-bond donors (Lipinski definition) is 3. The van der Waals surface area contributed by atoms with Gasteiger partial charge in [0.1, 0.15) is 11.6 Å². The van der Waals surface area contributed by atoms with Crippen LogP contribution in [-0.4, -0.2) is 49.1 Å². The average molecular weight is 420 g/mol. The van der Waals surface area contributed by atoms with Crippen molar-refractivity contribution in [3.8, 4) is 5.82 Å². The Balaban J connectivity index is 1.67. The summed E-state index contributed by atoms with van der Waals surface area (Å²) >= 11 is 1.30. The number of benzene rings is 1. The molecule has 2 aromatic heterocycles. The SMILES string of the molecule is CSc1nc(NC2CC(NC(=O)O)C2)cc(-n2c(C(F)F)nc3ccccc32)n1. The summed E-state index contributed by atoms with van der Waals surface area (Å²) in [4.78, 5) is 23.6. The zero-order valence-corrected chi connectivity index (χ0v) is 16.2. The van der Waals surface area contributed by atoms with Crippen LogP contribution in [0.15, 0.2) is 35.5 Å². The van der Waals surface area contributed by atoms with Crippen molar-refractivity contribution < 1.29 is 18.7 Å². The van der Waals surface area contributed by atoms with Gasteiger partial charge in [-0.05, 0) is 31.2 Å². The number of aromatic nitrogens is 4. The van der Waals surface area contributed by atoms with Crippen LogP contribution < -0.4 is 10.6 Å². The van der Waals surface area contributed by atoms with E-state index in [0.29, 0.717) is 40.7 Å². The highest BCUT2D eigenvalue weighted by Gasteiger charge is 2.31. The zero-order chi connectivity index (χ0) is 20.5. The van der Waals surface area contributed by atoms with Crippen molar-refractivity contribution in [1.82, 2.24) is 24.8 Å². The number of imidazole rings is 1. The monoisotopic (exact) mass is 420 g/mol. The molecule has 11 heteroatoms. The average Bonchev–Trinajstić information content (AvgIpc) is 3.05. The number of amides is 1. The normalized spacial score (nSPS) is 18.6. The third kappa shape index (κ3) is 3.95. The summed E-state index contributed by atoms with van der Waals surface area (Å²) in [5.41, 5.74) is 0.997. The lowest BCUT2D eigenvalue weighted by Gasteiger charge is -2.35. The van der Waals surface area contributed by atoms with Crippen LogP contribution in [0.2, 0.25) is 0 Å². The Bertz CT molecular complexity index is 1050. The third-order valence-electron chi connectivity index (χ3n) is 4.70. The maximum atomic E-state index is 13.7. The summed E-state index contributed by atoms with van der Waals surface area (Å²) in [5.74, 6) is 0.420. The Morgan fingerprint density at radius 2 is 2.00 bits per heavy atom. The molecule has 1 fully saturated rings. The van der Waals surface area contributed by atoms with Gasteiger partial charge >= 0.3 is 6.09 Å². The van der Waals surface area contributed by atoms with E-state index in [1.165, 1.54) is 16.3 Å². The van der Waals surface area contributed by atoms with Crippen molar-refractivity contribution >= 4 is 34.7 Å². The molecular formula is C18H18F2N6O2S. The van der Waals surface area contributed by atoms with Crippen LogP contribution >= 0.6 is 11.8 Å². The highest BCUT2D eigenvalue weighted by Crippen LogP contribution is 2.30. The lowest BCUT2D eigenvalue weighted by Crippen LogP contribution is -2.49. The minimum absolute atomic E-state index is 0.0402. The van der Waals surface area contributed by atoms with E-state index in [9.17, 15) is 13.6 Å². The lowest BCUT2D eigenvalue weighted by molar-refractivity contribution is 0.139. The highest BCUT2D eigenvalue weighted by atomic mass is 32.2. The molecule has 0 aliphatic heterocycles. The van der Waals surface area contributed by atoms with Gasteiger partial charge in [-0.25, -0.2) is 28.5 Å². The minimum Gasteiger partial charge on any atom is -0.465 e. The first kappa shape index (κ1) is 19.4. The number of para-hydroxylation sites is 2. The van der Waals surface area contributed by atoms with Crippen molar-refractivity contribution in [1.29, 1.82) is 0 Å². The number of nitrogens with one attached hydrogen (secondary N) is 2. The topological polar surface area (TPSA) is 105 Å². The summed E-state index contributed by atoms with van der Waals surface area (Å²) in [6.45, 7) is 0. The predicted octanol–water partition coefficient (Wildman–Crippen LogP) is 3.69. The Hall–Kier alpha value is -2.95. The van der Waals surface area contributed by atoms with E-state index in [-0.39, 0.29) is 17.9 Å². The van der Waals surface area contributed by atoms with Crippen molar-refractivity contribution in [3.63, 3.8) is 0 Å². The van der Waals surface area contributed by atoms with Gasteiger partial charge in [-0.1, -0.05) is 23.9 Å². The first-order valence-corrected chi connectivity index (χ1v) is 10.1. The molecule has 0 spiro atoms. The third-order valence-corrected chi connectivity index (χ3v) is 5.25. The van der Waals surface area contributed by atoms with Crippen LogP contribution in [0.4, 0.5) is 19.4 Å². The summed E-state index contributed by atoms with van der Waals surface area (Å²) < 4.78 is 28.7. The van der Waals surface area contributed by atoms with Gasteiger partial charge in [-0.3, -0.25) is 4.57 Å². The summed E-state index contributed by atoms with van der Waals surface area (Å²) in [7, 11) is 0. The van der Waals surface area contributed by atoms with E-state index < -0.39 is 12.5 Å². The van der Waals surface area contributed by atoms with Crippen LogP contribution in [0.1, 0.15) is 25.1 Å². The second-order valence-corrected chi connectivity index (χ2v) is 7.43. The van der Waals surface area contributed by atoms with Gasteiger partial charge < -0.3 is 15.7 Å². The number of hydrogen-bond acceptors (Lipinski definition) is 6. The Morgan fingerprint density at radius 3 is 2.69 bits per heavy atom. The molecule has 0 bridgehead atoms. The van der Waals surface area contributed by atoms with Crippen LogP contribution in [0.3, 0.4) is 0 Å². The minimum atomic E-state index is -2.76. The van der Waals surface area contributed by atoms with Crippen LogP contribution in [-0.2, 0) is 0 Å². The van der Waals surface area contributed by atoms with Gasteiger partial charge in [0.05, 0.1) is 11.0 Å².